The number of piperidine rings is 1. The summed E-state index contributed by atoms with van der Waals surface area (Å²) in [4.78, 5) is 14.9. The van der Waals surface area contributed by atoms with Crippen LogP contribution in [0.1, 0.15) is 51.5 Å². The summed E-state index contributed by atoms with van der Waals surface area (Å²) in [7, 11) is -3.08. The maximum Gasteiger partial charge on any atom is 0.253 e. The molecule has 2 aliphatic heterocycles. The largest absolute Gasteiger partial charge is 0.368 e. The van der Waals surface area contributed by atoms with Crippen LogP contribution in [0.2, 0.25) is 0 Å². The van der Waals surface area contributed by atoms with Crippen LogP contribution >= 0.6 is 12.4 Å². The Morgan fingerprint density at radius 3 is 2.61 bits per heavy atom. The molecule has 1 amide bonds. The molecule has 0 bridgehead atoms. The third-order valence-corrected chi connectivity index (χ3v) is 7.92. The molecule has 9 heteroatoms. The van der Waals surface area contributed by atoms with Gasteiger partial charge in [0, 0.05) is 38.0 Å². The van der Waals surface area contributed by atoms with E-state index in [9.17, 15) is 13.2 Å². The van der Waals surface area contributed by atoms with Crippen molar-refractivity contribution in [2.24, 2.45) is 5.92 Å². The van der Waals surface area contributed by atoms with Gasteiger partial charge in [-0.3, -0.25) is 4.79 Å². The lowest BCUT2D eigenvalue weighted by molar-refractivity contribution is -0.124. The van der Waals surface area contributed by atoms with Gasteiger partial charge in [0.15, 0.2) is 0 Å². The summed E-state index contributed by atoms with van der Waals surface area (Å²) in [6.45, 7) is 8.42. The van der Waals surface area contributed by atoms with Crippen molar-refractivity contribution < 1.29 is 17.9 Å². The molecule has 1 unspecified atom stereocenters. The number of carbonyl (C=O) groups excluding carboxylic acids is 1. The first kappa shape index (κ1) is 28.1. The van der Waals surface area contributed by atoms with E-state index < -0.39 is 10.0 Å². The molecule has 1 aromatic carbocycles. The SMILES string of the molecule is CCCN(CC1CCN(S(C)(=O)=O)CC1)C(C)Cc1cccc(NC(=O)[C@@H]2CCCO2)c1.Cl. The average molecular weight is 502 g/mol. The first-order chi connectivity index (χ1) is 15.3. The van der Waals surface area contributed by atoms with Crippen molar-refractivity contribution in [1.29, 1.82) is 0 Å². The van der Waals surface area contributed by atoms with Gasteiger partial charge in [-0.15, -0.1) is 12.4 Å². The minimum absolute atomic E-state index is 0. The second-order valence-electron chi connectivity index (χ2n) is 9.34. The van der Waals surface area contributed by atoms with Crippen molar-refractivity contribution in [2.45, 2.75) is 64.5 Å². The predicted octanol–water partition coefficient (Wildman–Crippen LogP) is 3.54. The third-order valence-electron chi connectivity index (χ3n) is 6.62. The fourth-order valence-electron chi connectivity index (χ4n) is 4.79. The average Bonchev–Trinajstić information content (AvgIpc) is 3.28. The minimum atomic E-state index is -3.08. The Hall–Kier alpha value is -1.19. The van der Waals surface area contributed by atoms with Gasteiger partial charge in [-0.25, -0.2) is 12.7 Å². The number of sulfonamides is 1. The maximum absolute atomic E-state index is 12.4. The Morgan fingerprint density at radius 2 is 2.00 bits per heavy atom. The molecule has 0 spiro atoms. The normalized spacial score (nSPS) is 21.0. The topological polar surface area (TPSA) is 79.0 Å². The standard InChI is InChI=1S/C24H39N3O4S.ClH/c1-4-12-26(18-20-10-13-27(14-11-20)32(3,29)30)19(2)16-21-7-5-8-22(17-21)25-24(28)23-9-6-15-31-23;/h5,7-8,17,19-20,23H,4,6,9-16,18H2,1-3H3,(H,25,28);1H/t19?,23-;/m0./s1. The van der Waals surface area contributed by atoms with E-state index in [4.69, 9.17) is 4.74 Å². The highest BCUT2D eigenvalue weighted by atomic mass is 35.5. The Labute approximate surface area is 205 Å². The molecule has 33 heavy (non-hydrogen) atoms. The lowest BCUT2D eigenvalue weighted by Gasteiger charge is -2.36. The number of hydrogen-bond donors (Lipinski definition) is 1. The highest BCUT2D eigenvalue weighted by molar-refractivity contribution is 7.88. The van der Waals surface area contributed by atoms with Crippen LogP contribution in [0, 0.1) is 5.92 Å². The summed E-state index contributed by atoms with van der Waals surface area (Å²) in [5, 5.41) is 3.00. The summed E-state index contributed by atoms with van der Waals surface area (Å²) in [5.41, 5.74) is 2.03. The fraction of sp³-hybridized carbons (Fsp3) is 0.708. The highest BCUT2D eigenvalue weighted by Crippen LogP contribution is 2.23. The number of carbonyl (C=O) groups is 1. The molecular weight excluding hydrogens is 462 g/mol. The van der Waals surface area contributed by atoms with Gasteiger partial charge in [0.25, 0.3) is 5.91 Å². The van der Waals surface area contributed by atoms with Crippen molar-refractivity contribution in [3.8, 4) is 0 Å². The van der Waals surface area contributed by atoms with E-state index in [1.165, 1.54) is 11.8 Å². The molecule has 1 aromatic rings. The van der Waals surface area contributed by atoms with Crippen molar-refractivity contribution in [1.82, 2.24) is 9.21 Å². The van der Waals surface area contributed by atoms with E-state index in [1.54, 1.807) is 4.31 Å². The van der Waals surface area contributed by atoms with Crippen molar-refractivity contribution in [3.63, 3.8) is 0 Å². The smallest absolute Gasteiger partial charge is 0.253 e. The third kappa shape index (κ3) is 8.51. The molecule has 0 aliphatic carbocycles. The summed E-state index contributed by atoms with van der Waals surface area (Å²) < 4.78 is 30.6. The number of benzene rings is 1. The van der Waals surface area contributed by atoms with Gasteiger partial charge in [0.2, 0.25) is 10.0 Å². The zero-order valence-electron chi connectivity index (χ0n) is 20.2. The number of rotatable bonds is 10. The van der Waals surface area contributed by atoms with Gasteiger partial charge in [-0.2, -0.15) is 0 Å². The molecule has 0 aromatic heterocycles. The van der Waals surface area contributed by atoms with Crippen molar-refractivity contribution in [2.75, 3.05) is 44.4 Å². The molecule has 0 saturated carbocycles. The van der Waals surface area contributed by atoms with Crippen LogP contribution in [0.4, 0.5) is 5.69 Å². The molecule has 1 N–H and O–H groups in total. The molecule has 2 aliphatic rings. The zero-order chi connectivity index (χ0) is 23.1. The van der Waals surface area contributed by atoms with E-state index in [0.717, 1.165) is 57.3 Å². The van der Waals surface area contributed by atoms with Crippen molar-refractivity contribution in [3.05, 3.63) is 29.8 Å². The number of nitrogens with one attached hydrogen (secondary N) is 1. The number of ether oxygens (including phenoxy) is 1. The maximum atomic E-state index is 12.4. The Kier molecular flexibility index (Phi) is 11.1. The van der Waals surface area contributed by atoms with E-state index in [2.05, 4.69) is 36.2 Å². The molecule has 2 saturated heterocycles. The molecule has 188 valence electrons. The van der Waals surface area contributed by atoms with E-state index in [-0.39, 0.29) is 24.4 Å². The van der Waals surface area contributed by atoms with Crippen LogP contribution in [-0.4, -0.2) is 74.7 Å². The first-order valence-electron chi connectivity index (χ1n) is 12.0. The molecule has 7 nitrogen and oxygen atoms in total. The molecule has 2 heterocycles. The van der Waals surface area contributed by atoms with E-state index in [1.807, 2.05) is 12.1 Å². The Balaban J connectivity index is 0.00000385. The van der Waals surface area contributed by atoms with Crippen LogP contribution < -0.4 is 5.32 Å². The summed E-state index contributed by atoms with van der Waals surface area (Å²) >= 11 is 0. The van der Waals surface area contributed by atoms with Gasteiger partial charge < -0.3 is 15.0 Å². The molecule has 0 radical (unpaired) electrons. The molecular formula is C24H40ClN3O4S. The van der Waals surface area contributed by atoms with Gasteiger partial charge in [-0.1, -0.05) is 19.1 Å². The van der Waals surface area contributed by atoms with Gasteiger partial charge in [0.1, 0.15) is 6.10 Å². The van der Waals surface area contributed by atoms with Gasteiger partial charge in [0.05, 0.1) is 6.26 Å². The number of anilines is 1. The highest BCUT2D eigenvalue weighted by Gasteiger charge is 2.27. The lowest BCUT2D eigenvalue weighted by Crippen LogP contribution is -2.44. The number of hydrogen-bond acceptors (Lipinski definition) is 5. The summed E-state index contributed by atoms with van der Waals surface area (Å²) in [6.07, 6.45) is 6.54. The van der Waals surface area contributed by atoms with Gasteiger partial charge in [-0.05, 0) is 75.6 Å². The zero-order valence-corrected chi connectivity index (χ0v) is 21.8. The van der Waals surface area contributed by atoms with E-state index >= 15 is 0 Å². The molecule has 3 rings (SSSR count). The molecule has 2 fully saturated rings. The predicted molar refractivity (Wildman–Crippen MR) is 135 cm³/mol. The van der Waals surface area contributed by atoms with Crippen LogP contribution in [0.5, 0.6) is 0 Å². The fourth-order valence-corrected chi connectivity index (χ4v) is 5.66. The number of amides is 1. The minimum Gasteiger partial charge on any atom is -0.368 e. The van der Waals surface area contributed by atoms with E-state index in [0.29, 0.717) is 31.7 Å². The van der Waals surface area contributed by atoms with Crippen LogP contribution in [0.15, 0.2) is 24.3 Å². The number of halogens is 1. The summed E-state index contributed by atoms with van der Waals surface area (Å²) in [6, 6.07) is 8.48. The van der Waals surface area contributed by atoms with Crippen LogP contribution in [0.25, 0.3) is 0 Å². The van der Waals surface area contributed by atoms with Crippen LogP contribution in [-0.2, 0) is 26.0 Å². The Morgan fingerprint density at radius 1 is 1.27 bits per heavy atom. The second-order valence-corrected chi connectivity index (χ2v) is 11.3. The van der Waals surface area contributed by atoms with Crippen LogP contribution in [0.3, 0.4) is 0 Å². The van der Waals surface area contributed by atoms with Gasteiger partial charge >= 0.3 is 0 Å². The summed E-state index contributed by atoms with van der Waals surface area (Å²) in [5.74, 6) is 0.472. The molecule has 2 atom stereocenters. The quantitative estimate of drug-likeness (QED) is 0.530. The number of nitrogens with zero attached hydrogens (tertiary/aromatic N) is 2. The second kappa shape index (κ2) is 13.0. The first-order valence-corrected chi connectivity index (χ1v) is 13.8. The lowest BCUT2D eigenvalue weighted by atomic mass is 9.96. The Bertz CT molecular complexity index is 853. The monoisotopic (exact) mass is 501 g/mol. The van der Waals surface area contributed by atoms with Crippen molar-refractivity contribution >= 4 is 34.0 Å².